The zero-order valence-corrected chi connectivity index (χ0v) is 13.0. The zero-order chi connectivity index (χ0) is 14.9. The van der Waals surface area contributed by atoms with Gasteiger partial charge >= 0.3 is 0 Å². The molecule has 1 saturated heterocycles. The molecule has 2 heterocycles. The molecule has 22 heavy (non-hydrogen) atoms. The molecule has 0 radical (unpaired) electrons. The number of anilines is 2. The molecule has 116 valence electrons. The minimum Gasteiger partial charge on any atom is -0.364 e. The van der Waals surface area contributed by atoms with Gasteiger partial charge in [-0.2, -0.15) is 0 Å². The summed E-state index contributed by atoms with van der Waals surface area (Å²) in [6.07, 6.45) is 5.00. The maximum absolute atomic E-state index is 4.87. The van der Waals surface area contributed by atoms with Gasteiger partial charge in [-0.15, -0.1) is 0 Å². The summed E-state index contributed by atoms with van der Waals surface area (Å²) in [6, 6.07) is 9.24. The monoisotopic (exact) mass is 297 g/mol. The summed E-state index contributed by atoms with van der Waals surface area (Å²) in [4.78, 5) is 11.9. The van der Waals surface area contributed by atoms with Crippen molar-refractivity contribution >= 4 is 22.7 Å². The summed E-state index contributed by atoms with van der Waals surface area (Å²) in [5.41, 5.74) is 1.92. The molecule has 1 aliphatic heterocycles. The molecule has 1 unspecified atom stereocenters. The number of rotatable bonds is 5. The van der Waals surface area contributed by atoms with E-state index >= 15 is 0 Å². The fraction of sp³-hybridized carbons (Fsp3) is 0.529. The van der Waals surface area contributed by atoms with Crippen LogP contribution in [0.3, 0.4) is 0 Å². The Hall–Kier alpha value is -1.88. The molecule has 5 nitrogen and oxygen atoms in total. The molecule has 0 bridgehead atoms. The van der Waals surface area contributed by atoms with E-state index in [0.717, 1.165) is 35.8 Å². The van der Waals surface area contributed by atoms with Crippen molar-refractivity contribution in [2.45, 2.75) is 37.8 Å². The average molecular weight is 297 g/mol. The van der Waals surface area contributed by atoms with Gasteiger partial charge in [-0.1, -0.05) is 12.1 Å². The summed E-state index contributed by atoms with van der Waals surface area (Å²) in [5, 5.41) is 7.10. The number of benzene rings is 1. The van der Waals surface area contributed by atoms with Gasteiger partial charge in [0.2, 0.25) is 0 Å². The number of likely N-dealkylation sites (N-methyl/N-ethyl adjacent to an activating group) is 1. The first-order valence-corrected chi connectivity index (χ1v) is 8.27. The quantitative estimate of drug-likeness (QED) is 0.887. The second kappa shape index (κ2) is 5.72. The van der Waals surface area contributed by atoms with Crippen molar-refractivity contribution in [3.8, 4) is 0 Å². The fourth-order valence-corrected chi connectivity index (χ4v) is 3.10. The van der Waals surface area contributed by atoms with Gasteiger partial charge in [-0.3, -0.25) is 0 Å². The Morgan fingerprint density at radius 3 is 2.64 bits per heavy atom. The lowest BCUT2D eigenvalue weighted by Gasteiger charge is -2.24. The Balaban J connectivity index is 1.65. The molecule has 1 aliphatic carbocycles. The van der Waals surface area contributed by atoms with E-state index in [4.69, 9.17) is 9.97 Å². The predicted molar refractivity (Wildman–Crippen MR) is 90.5 cm³/mol. The van der Waals surface area contributed by atoms with E-state index in [0.29, 0.717) is 12.1 Å². The number of nitrogens with one attached hydrogen (secondary N) is 2. The van der Waals surface area contributed by atoms with Crippen molar-refractivity contribution < 1.29 is 0 Å². The molecule has 4 rings (SSSR count). The van der Waals surface area contributed by atoms with Crippen LogP contribution >= 0.6 is 0 Å². The highest BCUT2D eigenvalue weighted by atomic mass is 15.2. The third-order valence-corrected chi connectivity index (χ3v) is 4.49. The van der Waals surface area contributed by atoms with Gasteiger partial charge in [0.05, 0.1) is 11.0 Å². The van der Waals surface area contributed by atoms with Crippen molar-refractivity contribution in [1.82, 2.24) is 15.3 Å². The minimum absolute atomic E-state index is 0.562. The van der Waals surface area contributed by atoms with Crippen molar-refractivity contribution in [2.24, 2.45) is 0 Å². The SMILES string of the molecule is CN(CC1CCCN1)c1nc2ccccc2nc1NC1CC1. The zero-order valence-electron chi connectivity index (χ0n) is 13.0. The maximum Gasteiger partial charge on any atom is 0.172 e. The molecule has 0 spiro atoms. The molecule has 2 fully saturated rings. The van der Waals surface area contributed by atoms with Gasteiger partial charge in [0.25, 0.3) is 0 Å². The first kappa shape index (κ1) is 13.8. The van der Waals surface area contributed by atoms with Crippen LogP contribution in [-0.4, -0.2) is 42.2 Å². The normalized spacial score (nSPS) is 21.2. The summed E-state index contributed by atoms with van der Waals surface area (Å²) >= 11 is 0. The van der Waals surface area contributed by atoms with Crippen molar-refractivity contribution in [1.29, 1.82) is 0 Å². The Labute approximate surface area is 131 Å². The summed E-state index contributed by atoms with van der Waals surface area (Å²) in [6.45, 7) is 2.11. The molecule has 2 aliphatic rings. The minimum atomic E-state index is 0.562. The number of aromatic nitrogens is 2. The molecular weight excluding hydrogens is 274 g/mol. The van der Waals surface area contributed by atoms with Crippen molar-refractivity contribution in [2.75, 3.05) is 30.4 Å². The van der Waals surface area contributed by atoms with Crippen LogP contribution in [0.4, 0.5) is 11.6 Å². The molecule has 1 atom stereocenters. The van der Waals surface area contributed by atoms with Crippen LogP contribution < -0.4 is 15.5 Å². The van der Waals surface area contributed by atoms with Gasteiger partial charge < -0.3 is 15.5 Å². The lowest BCUT2D eigenvalue weighted by Crippen LogP contribution is -2.36. The lowest BCUT2D eigenvalue weighted by atomic mass is 10.2. The van der Waals surface area contributed by atoms with E-state index < -0.39 is 0 Å². The Bertz CT molecular complexity index is 661. The van der Waals surface area contributed by atoms with E-state index in [1.165, 1.54) is 25.7 Å². The maximum atomic E-state index is 4.87. The highest BCUT2D eigenvalue weighted by molar-refractivity contribution is 5.80. The van der Waals surface area contributed by atoms with Crippen LogP contribution in [-0.2, 0) is 0 Å². The Morgan fingerprint density at radius 1 is 1.18 bits per heavy atom. The number of para-hydroxylation sites is 2. The summed E-state index contributed by atoms with van der Waals surface area (Å²) < 4.78 is 0. The van der Waals surface area contributed by atoms with Crippen LogP contribution in [0.15, 0.2) is 24.3 Å². The van der Waals surface area contributed by atoms with E-state index in [2.05, 4.69) is 22.6 Å². The third kappa shape index (κ3) is 2.86. The van der Waals surface area contributed by atoms with Gasteiger partial charge in [0.1, 0.15) is 0 Å². The van der Waals surface area contributed by atoms with Crippen molar-refractivity contribution in [3.05, 3.63) is 24.3 Å². The highest BCUT2D eigenvalue weighted by Crippen LogP contribution is 2.30. The lowest BCUT2D eigenvalue weighted by molar-refractivity contribution is 0.597. The van der Waals surface area contributed by atoms with Crippen LogP contribution in [0, 0.1) is 0 Å². The van der Waals surface area contributed by atoms with E-state index in [-0.39, 0.29) is 0 Å². The standard InChI is InChI=1S/C17H23N5/c1-22(11-13-5-4-10-18-13)17-16(19-12-8-9-12)20-14-6-2-3-7-15(14)21-17/h2-3,6-7,12-13,18H,4-5,8-11H2,1H3,(H,19,20). The molecule has 1 aromatic heterocycles. The average Bonchev–Trinajstić information content (AvgIpc) is 3.20. The molecule has 2 N–H and O–H groups in total. The smallest absolute Gasteiger partial charge is 0.172 e. The topological polar surface area (TPSA) is 53.1 Å². The predicted octanol–water partition coefficient (Wildman–Crippen LogP) is 2.39. The van der Waals surface area contributed by atoms with Gasteiger partial charge in [0, 0.05) is 25.7 Å². The Kier molecular flexibility index (Phi) is 3.58. The largest absolute Gasteiger partial charge is 0.364 e. The van der Waals surface area contributed by atoms with E-state index in [1.807, 2.05) is 24.3 Å². The second-order valence-electron chi connectivity index (χ2n) is 6.48. The van der Waals surface area contributed by atoms with Crippen molar-refractivity contribution in [3.63, 3.8) is 0 Å². The van der Waals surface area contributed by atoms with Crippen LogP contribution in [0.25, 0.3) is 11.0 Å². The first-order chi connectivity index (χ1) is 10.8. The van der Waals surface area contributed by atoms with Crippen LogP contribution in [0.5, 0.6) is 0 Å². The molecule has 5 heteroatoms. The number of hydrogen-bond acceptors (Lipinski definition) is 5. The summed E-state index contributed by atoms with van der Waals surface area (Å²) in [7, 11) is 2.12. The highest BCUT2D eigenvalue weighted by Gasteiger charge is 2.25. The van der Waals surface area contributed by atoms with Crippen LogP contribution in [0.2, 0.25) is 0 Å². The number of nitrogens with zero attached hydrogens (tertiary/aromatic N) is 3. The molecular formula is C17H23N5. The first-order valence-electron chi connectivity index (χ1n) is 8.27. The van der Waals surface area contributed by atoms with Gasteiger partial charge in [-0.05, 0) is 44.4 Å². The van der Waals surface area contributed by atoms with E-state index in [1.54, 1.807) is 0 Å². The van der Waals surface area contributed by atoms with Gasteiger partial charge in [0.15, 0.2) is 11.6 Å². The third-order valence-electron chi connectivity index (χ3n) is 4.49. The number of fused-ring (bicyclic) bond motifs is 1. The van der Waals surface area contributed by atoms with Gasteiger partial charge in [-0.25, -0.2) is 9.97 Å². The van der Waals surface area contributed by atoms with E-state index in [9.17, 15) is 0 Å². The molecule has 0 amide bonds. The molecule has 2 aromatic rings. The van der Waals surface area contributed by atoms with Crippen LogP contribution in [0.1, 0.15) is 25.7 Å². The summed E-state index contributed by atoms with van der Waals surface area (Å²) in [5.74, 6) is 1.90. The fourth-order valence-electron chi connectivity index (χ4n) is 3.10. The Morgan fingerprint density at radius 2 is 1.95 bits per heavy atom. The molecule has 1 aromatic carbocycles. The molecule has 1 saturated carbocycles. The second-order valence-corrected chi connectivity index (χ2v) is 6.48. The number of hydrogen-bond donors (Lipinski definition) is 2.